The lowest BCUT2D eigenvalue weighted by molar-refractivity contribution is 0.217. The first kappa shape index (κ1) is 20.8. The van der Waals surface area contributed by atoms with Gasteiger partial charge in [0.05, 0.1) is 23.5 Å². The molecule has 2 fully saturated rings. The van der Waals surface area contributed by atoms with Gasteiger partial charge in [0.15, 0.2) is 0 Å². The molecule has 0 spiro atoms. The monoisotopic (exact) mass is 442 g/mol. The Morgan fingerprint density at radius 2 is 1.27 bits per heavy atom. The fraction of sp³-hybridized carbons (Fsp3) is 0.364. The van der Waals surface area contributed by atoms with Crippen molar-refractivity contribution in [1.82, 2.24) is 20.6 Å². The van der Waals surface area contributed by atoms with E-state index in [0.717, 1.165) is 25.9 Å². The molecule has 0 radical (unpaired) electrons. The first-order chi connectivity index (χ1) is 14.7. The van der Waals surface area contributed by atoms with Gasteiger partial charge in [-0.25, -0.2) is 9.97 Å². The normalized spacial score (nSPS) is 19.3. The molecule has 4 rings (SSSR count). The molecule has 6 nitrogen and oxygen atoms in total. The van der Waals surface area contributed by atoms with E-state index in [1.54, 1.807) is 24.5 Å². The molecule has 0 aromatic carbocycles. The zero-order valence-corrected chi connectivity index (χ0v) is 17.7. The van der Waals surface area contributed by atoms with Crippen LogP contribution in [0, 0.1) is 23.7 Å². The average molecular weight is 443 g/mol. The minimum atomic E-state index is 0.304. The molecular formula is C22H20Cl2N4O2. The van der Waals surface area contributed by atoms with Crippen molar-refractivity contribution in [2.45, 2.75) is 24.9 Å². The number of nitrogens with zero attached hydrogens (tertiary/aromatic N) is 2. The molecule has 0 aliphatic carbocycles. The van der Waals surface area contributed by atoms with Crippen molar-refractivity contribution < 1.29 is 9.47 Å². The Hall–Kier alpha value is -2.48. The average Bonchev–Trinajstić information content (AvgIpc) is 2.67. The minimum absolute atomic E-state index is 0.304. The Morgan fingerprint density at radius 1 is 0.833 bits per heavy atom. The Morgan fingerprint density at radius 3 is 1.63 bits per heavy atom. The molecule has 0 bridgehead atoms. The van der Waals surface area contributed by atoms with Gasteiger partial charge in [0, 0.05) is 24.2 Å². The van der Waals surface area contributed by atoms with E-state index in [2.05, 4.69) is 44.3 Å². The van der Waals surface area contributed by atoms with Gasteiger partial charge in [-0.1, -0.05) is 23.2 Å². The number of hydrogen-bond acceptors (Lipinski definition) is 6. The molecule has 2 saturated heterocycles. The van der Waals surface area contributed by atoms with Gasteiger partial charge in [-0.05, 0) is 49.6 Å². The molecule has 2 aliphatic heterocycles. The number of ether oxygens (including phenoxy) is 2. The van der Waals surface area contributed by atoms with Crippen LogP contribution in [0.2, 0.25) is 10.3 Å². The van der Waals surface area contributed by atoms with Gasteiger partial charge >= 0.3 is 0 Å². The van der Waals surface area contributed by atoms with E-state index in [0.29, 0.717) is 58.2 Å². The number of hydrogen-bond donors (Lipinski definition) is 2. The fourth-order valence-corrected chi connectivity index (χ4v) is 3.06. The summed E-state index contributed by atoms with van der Waals surface area (Å²) in [6, 6.07) is 4.31. The molecular weight excluding hydrogens is 423 g/mol. The molecule has 2 aromatic heterocycles. The molecule has 154 valence electrons. The van der Waals surface area contributed by atoms with Crippen LogP contribution in [0.5, 0.6) is 11.5 Å². The predicted molar refractivity (Wildman–Crippen MR) is 116 cm³/mol. The van der Waals surface area contributed by atoms with Crippen LogP contribution in [-0.2, 0) is 0 Å². The van der Waals surface area contributed by atoms with Gasteiger partial charge < -0.3 is 20.1 Å². The summed E-state index contributed by atoms with van der Waals surface area (Å²) < 4.78 is 11.5. The van der Waals surface area contributed by atoms with Crippen molar-refractivity contribution in [3.8, 4) is 35.2 Å². The maximum Gasteiger partial charge on any atom is 0.144 e. The maximum absolute atomic E-state index is 6.13. The topological polar surface area (TPSA) is 68.3 Å². The van der Waals surface area contributed by atoms with E-state index in [-0.39, 0.29) is 0 Å². The Bertz CT molecular complexity index is 947. The van der Waals surface area contributed by atoms with Crippen LogP contribution >= 0.6 is 23.2 Å². The lowest BCUT2D eigenvalue weighted by Gasteiger charge is -2.27. The van der Waals surface area contributed by atoms with Crippen molar-refractivity contribution in [1.29, 1.82) is 0 Å². The Kier molecular flexibility index (Phi) is 6.94. The second kappa shape index (κ2) is 10.0. The van der Waals surface area contributed by atoms with Gasteiger partial charge in [0.1, 0.15) is 35.0 Å². The molecule has 0 saturated carbocycles. The van der Waals surface area contributed by atoms with Crippen LogP contribution in [0.25, 0.3) is 0 Å². The first-order valence-corrected chi connectivity index (χ1v) is 10.5. The number of halogens is 2. The van der Waals surface area contributed by atoms with Crippen molar-refractivity contribution in [3.63, 3.8) is 0 Å². The number of aromatic nitrogens is 2. The van der Waals surface area contributed by atoms with Crippen molar-refractivity contribution in [2.75, 3.05) is 26.3 Å². The van der Waals surface area contributed by atoms with Crippen LogP contribution in [0.1, 0.15) is 24.0 Å². The lowest BCUT2D eigenvalue weighted by atomic mass is 10.1. The summed E-state index contributed by atoms with van der Waals surface area (Å²) in [5.41, 5.74) is 1.11. The van der Waals surface area contributed by atoms with Gasteiger partial charge in [0.25, 0.3) is 0 Å². The van der Waals surface area contributed by atoms with E-state index in [9.17, 15) is 0 Å². The van der Waals surface area contributed by atoms with E-state index in [4.69, 9.17) is 32.7 Å². The third-order valence-electron chi connectivity index (χ3n) is 4.84. The van der Waals surface area contributed by atoms with E-state index >= 15 is 0 Å². The van der Waals surface area contributed by atoms with E-state index < -0.39 is 0 Å². The summed E-state index contributed by atoms with van der Waals surface area (Å²) in [7, 11) is 0. The molecule has 30 heavy (non-hydrogen) atoms. The second-order valence-electron chi connectivity index (χ2n) is 7.02. The SMILES string of the molecule is Clc1ncc(OC[C@@H]2CCN2)cc1C#CC#Cc1cc(OC[C@@H]2CCN2)cnc1Cl. The van der Waals surface area contributed by atoms with Gasteiger partial charge in [-0.3, -0.25) is 0 Å². The van der Waals surface area contributed by atoms with Gasteiger partial charge in [-0.15, -0.1) is 0 Å². The Balaban J connectivity index is 1.40. The first-order valence-electron chi connectivity index (χ1n) is 9.73. The highest BCUT2D eigenvalue weighted by molar-refractivity contribution is 6.30. The fourth-order valence-electron chi connectivity index (χ4n) is 2.76. The zero-order valence-electron chi connectivity index (χ0n) is 16.2. The quantitative estimate of drug-likeness (QED) is 0.529. The minimum Gasteiger partial charge on any atom is -0.490 e. The number of rotatable bonds is 6. The molecule has 4 heterocycles. The van der Waals surface area contributed by atoms with E-state index in [1.165, 1.54) is 0 Å². The highest BCUT2D eigenvalue weighted by Crippen LogP contribution is 2.20. The summed E-state index contributed by atoms with van der Waals surface area (Å²) in [4.78, 5) is 8.25. The van der Waals surface area contributed by atoms with Crippen molar-refractivity contribution in [2.24, 2.45) is 0 Å². The molecule has 8 heteroatoms. The highest BCUT2D eigenvalue weighted by Gasteiger charge is 2.17. The molecule has 0 unspecified atom stereocenters. The molecule has 2 atom stereocenters. The van der Waals surface area contributed by atoms with Gasteiger partial charge in [0.2, 0.25) is 0 Å². The van der Waals surface area contributed by atoms with Crippen LogP contribution < -0.4 is 20.1 Å². The maximum atomic E-state index is 6.13. The summed E-state index contributed by atoms with van der Waals surface area (Å²) in [5.74, 6) is 12.6. The van der Waals surface area contributed by atoms with Crippen LogP contribution in [0.15, 0.2) is 24.5 Å². The van der Waals surface area contributed by atoms with Crippen LogP contribution in [-0.4, -0.2) is 48.4 Å². The summed E-state index contributed by atoms with van der Waals surface area (Å²) in [6.45, 7) is 3.26. The third-order valence-corrected chi connectivity index (χ3v) is 5.44. The predicted octanol–water partition coefficient (Wildman–Crippen LogP) is 2.67. The summed E-state index contributed by atoms with van der Waals surface area (Å²) >= 11 is 12.3. The summed E-state index contributed by atoms with van der Waals surface area (Å²) in [5, 5.41) is 7.17. The van der Waals surface area contributed by atoms with Crippen molar-refractivity contribution >= 4 is 23.2 Å². The molecule has 2 N–H and O–H groups in total. The molecule has 2 aromatic rings. The van der Waals surface area contributed by atoms with Gasteiger partial charge in [-0.2, -0.15) is 0 Å². The second-order valence-corrected chi connectivity index (χ2v) is 7.74. The standard InChI is InChI=1S/C22H20Cl2N4O2/c23-21-15(9-19(11-27-21)29-13-17-5-7-25-17)3-1-2-4-16-10-20(12-28-22(16)24)30-14-18-6-8-26-18/h9-12,17-18,25-26H,5-8,13-14H2/t17-,18-/m0/s1. The number of pyridine rings is 2. The van der Waals surface area contributed by atoms with E-state index in [1.807, 2.05) is 0 Å². The van der Waals surface area contributed by atoms with Crippen LogP contribution in [0.3, 0.4) is 0 Å². The Labute approximate surface area is 185 Å². The largest absolute Gasteiger partial charge is 0.490 e. The third kappa shape index (κ3) is 5.56. The van der Waals surface area contributed by atoms with Crippen LogP contribution in [0.4, 0.5) is 0 Å². The highest BCUT2D eigenvalue weighted by atomic mass is 35.5. The lowest BCUT2D eigenvalue weighted by Crippen LogP contribution is -2.46. The smallest absolute Gasteiger partial charge is 0.144 e. The molecule has 0 amide bonds. The molecule has 2 aliphatic rings. The summed E-state index contributed by atoms with van der Waals surface area (Å²) in [6.07, 6.45) is 5.41. The zero-order chi connectivity index (χ0) is 20.8. The van der Waals surface area contributed by atoms with Crippen molar-refractivity contribution in [3.05, 3.63) is 46.0 Å². The number of nitrogens with one attached hydrogen (secondary N) is 2.